The molecule has 0 aliphatic heterocycles. The van der Waals surface area contributed by atoms with Gasteiger partial charge in [-0.05, 0) is 91.9 Å². The average molecular weight is 1690 g/mol. The van der Waals surface area contributed by atoms with Gasteiger partial charge in [0.25, 0.3) is 8.53 Å². The van der Waals surface area contributed by atoms with Crippen LogP contribution in [0.4, 0.5) is 0 Å². The van der Waals surface area contributed by atoms with Crippen LogP contribution in [0.3, 0.4) is 0 Å². The minimum atomic E-state index is -3.93. The Morgan fingerprint density at radius 2 is 0.621 bits per heavy atom. The Kier molecular flexibility index (Phi) is 95.0. The molecule has 690 valence electrons. The van der Waals surface area contributed by atoms with Crippen molar-refractivity contribution in [3.63, 3.8) is 0 Å². The van der Waals surface area contributed by atoms with Crippen molar-refractivity contribution in [1.82, 2.24) is 15.3 Å². The van der Waals surface area contributed by atoms with Crippen LogP contribution in [0, 0.1) is 0 Å². The molecule has 0 bridgehead atoms. The highest BCUT2D eigenvalue weighted by molar-refractivity contribution is 7.48. The van der Waals surface area contributed by atoms with E-state index in [1.54, 1.807) is 6.08 Å². The molecule has 0 aliphatic rings. The first-order valence-electron chi connectivity index (χ1n) is 49.7. The van der Waals surface area contributed by atoms with Gasteiger partial charge in [0.2, 0.25) is 11.8 Å². The predicted octanol–water partition coefficient (Wildman–Crippen LogP) is 30.6. The number of aliphatic hydroxyl groups excluding tert-OH is 1. The van der Waals surface area contributed by atoms with Crippen molar-refractivity contribution in [2.45, 2.75) is 543 Å². The molecule has 18 heteroatoms. The lowest BCUT2D eigenvalue weighted by molar-refractivity contribution is -0.153. The quantitative estimate of drug-likeness (QED) is 0.0225. The van der Waals surface area contributed by atoms with Crippen LogP contribution < -0.4 is 10.6 Å². The first-order chi connectivity index (χ1) is 56.5. The third-order valence-electron chi connectivity index (χ3n) is 21.7. The van der Waals surface area contributed by atoms with E-state index >= 15 is 0 Å². The van der Waals surface area contributed by atoms with Gasteiger partial charge < -0.3 is 34.3 Å². The predicted molar refractivity (Wildman–Crippen MR) is 498 cm³/mol. The van der Waals surface area contributed by atoms with E-state index in [0.29, 0.717) is 63.6 Å². The molecule has 0 radical (unpaired) electrons. The largest absolute Gasteiger partial charge is 0.475 e. The van der Waals surface area contributed by atoms with E-state index in [9.17, 15) is 28.8 Å². The molecule has 0 saturated heterocycles. The second kappa shape index (κ2) is 93.4. The maximum atomic E-state index is 13.5. The van der Waals surface area contributed by atoms with E-state index in [4.69, 9.17) is 32.1 Å². The van der Waals surface area contributed by atoms with Crippen LogP contribution in [-0.4, -0.2) is 110 Å². The molecule has 0 saturated carbocycles. The number of phosphoric acid groups is 1. The number of amides is 2. The normalized spacial score (nSPS) is 13.3. The summed E-state index contributed by atoms with van der Waals surface area (Å²) in [6, 6.07) is -0.348. The SMILES string of the molecule is C=CCOP(=O)(OCCC)OC[C@H](NC(=O)CCCCCCCCCCCCC)[C@H](CCCCCCCCCCC)OC(=O)CCCCCCCCCCC.C=CCOP(OCCC)N(C(C)C)C(C)C.CCCCCCCCCCCCCC(=O)N[C@@H](CO)[C@H](CCCCCCCCCCC)OC(=O)CCCCCCCCCCC. The van der Waals surface area contributed by atoms with E-state index in [0.717, 1.165) is 109 Å². The smallest absolute Gasteiger partial charge is 0.460 e. The monoisotopic (exact) mass is 1680 g/mol. The number of aliphatic hydroxyl groups is 1. The summed E-state index contributed by atoms with van der Waals surface area (Å²) < 4.78 is 56.4. The number of rotatable bonds is 89. The summed E-state index contributed by atoms with van der Waals surface area (Å²) in [5, 5.41) is 16.4. The number of hydrogen-bond donors (Lipinski definition) is 3. The first-order valence-corrected chi connectivity index (χ1v) is 52.2. The summed E-state index contributed by atoms with van der Waals surface area (Å²) >= 11 is 0. The van der Waals surface area contributed by atoms with Gasteiger partial charge in [0.15, 0.2) is 0 Å². The number of nitrogens with zero attached hydrogens (tertiary/aromatic N) is 1. The van der Waals surface area contributed by atoms with Crippen LogP contribution in [0.2, 0.25) is 0 Å². The Hall–Kier alpha value is -2.26. The van der Waals surface area contributed by atoms with Crippen molar-refractivity contribution >= 4 is 40.1 Å². The Balaban J connectivity index is -0.00000187. The second-order valence-electron chi connectivity index (χ2n) is 33.9. The molecule has 0 aromatic heterocycles. The number of phosphoric ester groups is 1. The third-order valence-corrected chi connectivity index (χ3v) is 25.2. The maximum Gasteiger partial charge on any atom is 0.475 e. The Bertz CT molecular complexity index is 2140. The number of nitrogens with one attached hydrogen (secondary N) is 2. The lowest BCUT2D eigenvalue weighted by Crippen LogP contribution is -2.48. The van der Waals surface area contributed by atoms with Crippen molar-refractivity contribution in [3.05, 3.63) is 25.3 Å². The summed E-state index contributed by atoms with van der Waals surface area (Å²) in [4.78, 5) is 52.3. The van der Waals surface area contributed by atoms with Crippen molar-refractivity contribution in [2.24, 2.45) is 0 Å². The lowest BCUT2D eigenvalue weighted by Gasteiger charge is -2.35. The zero-order valence-corrected chi connectivity index (χ0v) is 80.4. The van der Waals surface area contributed by atoms with Gasteiger partial charge in [0.05, 0.1) is 51.7 Å². The van der Waals surface area contributed by atoms with Gasteiger partial charge >= 0.3 is 19.8 Å². The molecule has 16 nitrogen and oxygen atoms in total. The number of ether oxygens (including phenoxy) is 2. The molecule has 2 amide bonds. The number of carbonyl (C=O) groups excluding carboxylic acids is 4. The van der Waals surface area contributed by atoms with Gasteiger partial charge in [0.1, 0.15) is 12.2 Å². The maximum absolute atomic E-state index is 13.5. The van der Waals surface area contributed by atoms with Crippen molar-refractivity contribution in [1.29, 1.82) is 0 Å². The van der Waals surface area contributed by atoms with Gasteiger partial charge in [-0.3, -0.25) is 32.7 Å². The molecule has 0 fully saturated rings. The fraction of sp³-hybridized carbons (Fsp3) is 0.918. The molecule has 0 spiro atoms. The summed E-state index contributed by atoms with van der Waals surface area (Å²) in [6.45, 7) is 34.7. The Morgan fingerprint density at radius 1 is 0.345 bits per heavy atom. The minimum Gasteiger partial charge on any atom is -0.460 e. The van der Waals surface area contributed by atoms with Gasteiger partial charge in [-0.2, -0.15) is 0 Å². The molecule has 2 unspecified atom stereocenters. The molecule has 0 heterocycles. The highest BCUT2D eigenvalue weighted by Gasteiger charge is 2.34. The van der Waals surface area contributed by atoms with Crippen LogP contribution in [0.15, 0.2) is 25.3 Å². The molecular weight excluding hydrogens is 1490 g/mol. The number of hydrogen-bond acceptors (Lipinski definition) is 14. The minimum absolute atomic E-state index is 0.00642. The highest BCUT2D eigenvalue weighted by atomic mass is 31.2. The van der Waals surface area contributed by atoms with Crippen LogP contribution in [-0.2, 0) is 55.8 Å². The zero-order chi connectivity index (χ0) is 86.1. The van der Waals surface area contributed by atoms with Crippen LogP contribution in [0.25, 0.3) is 0 Å². The first kappa shape index (κ1) is 118. The van der Waals surface area contributed by atoms with E-state index in [1.807, 2.05) is 6.92 Å². The van der Waals surface area contributed by atoms with E-state index in [-0.39, 0.29) is 50.2 Å². The third kappa shape index (κ3) is 81.4. The average Bonchev–Trinajstić information content (AvgIpc) is 0.871. The van der Waals surface area contributed by atoms with E-state index in [2.05, 4.69) is 105 Å². The number of unbranched alkanes of at least 4 members (excludes halogenated alkanes) is 52. The van der Waals surface area contributed by atoms with Crippen LogP contribution in [0.1, 0.15) is 507 Å². The molecule has 116 heavy (non-hydrogen) atoms. The fourth-order valence-corrected chi connectivity index (χ4v) is 17.6. The zero-order valence-electron chi connectivity index (χ0n) is 78.6. The number of carbonyl (C=O) groups is 4. The molecular formula is C98H195N3O13P2. The summed E-state index contributed by atoms with van der Waals surface area (Å²) in [5.74, 6) is -0.566. The highest BCUT2D eigenvalue weighted by Crippen LogP contribution is 2.50. The Labute approximate surface area is 720 Å². The second-order valence-corrected chi connectivity index (χ2v) is 37.1. The summed E-state index contributed by atoms with van der Waals surface area (Å²) in [6.07, 6.45) is 77.1. The lowest BCUT2D eigenvalue weighted by atomic mass is 10.0. The van der Waals surface area contributed by atoms with Gasteiger partial charge in [-0.25, -0.2) is 9.24 Å². The fourth-order valence-electron chi connectivity index (χ4n) is 14.6. The molecule has 0 aromatic carbocycles. The van der Waals surface area contributed by atoms with Crippen molar-refractivity contribution < 1.29 is 60.9 Å². The van der Waals surface area contributed by atoms with Gasteiger partial charge in [0, 0.05) is 37.8 Å². The van der Waals surface area contributed by atoms with E-state index < -0.39 is 40.6 Å². The standard InChI is InChI=1S/C46H90NO7P.C40H79NO4.C12H26NO2P/c1-6-11-14-17-20-23-24-27-29-32-35-38-45(48)47-43(42-53-55(50,51-40-9-4)52-41-10-5)44(37-34-31-28-25-21-18-15-12-7-2)54-46(49)39-36-33-30-26-22-19-16-13-8-3;1-4-7-10-13-16-19-20-23-25-28-31-34-39(43)41-37(36-42)38(33-30-27-24-21-17-14-11-8-5-2)45-40(44)35-32-29-26-22-18-15-12-9-6-3;1-7-9-14-16(15-10-8-2)13(11(3)4)12(5)6/h9,43-44H,4,6-8,10-42H2,1-3,5H3,(H,47,48);37-38,42H,4-36H2,1-3H3,(H,41,43);7,11-12H,1,8-10H2,2-6H3/t43-,44-,55?;37-,38-;/m00./s1. The van der Waals surface area contributed by atoms with Crippen molar-refractivity contribution in [3.8, 4) is 0 Å². The van der Waals surface area contributed by atoms with Crippen LogP contribution >= 0.6 is 16.3 Å². The van der Waals surface area contributed by atoms with Crippen molar-refractivity contribution in [2.75, 3.05) is 39.6 Å². The molecule has 0 rings (SSSR count). The van der Waals surface area contributed by atoms with Gasteiger partial charge in [-0.15, -0.1) is 13.2 Å². The number of esters is 2. The van der Waals surface area contributed by atoms with Gasteiger partial charge in [-0.1, -0.05) is 401 Å². The molecule has 6 atom stereocenters. The summed E-state index contributed by atoms with van der Waals surface area (Å²) in [5.41, 5.74) is 0. The summed E-state index contributed by atoms with van der Waals surface area (Å²) in [7, 11) is -4.88. The topological polar surface area (TPSA) is 197 Å². The van der Waals surface area contributed by atoms with Crippen LogP contribution in [0.5, 0.6) is 0 Å². The van der Waals surface area contributed by atoms with E-state index in [1.165, 1.54) is 282 Å². The molecule has 3 N–H and O–H groups in total. The molecule has 0 aromatic rings. The molecule has 0 aliphatic carbocycles. The Morgan fingerprint density at radius 3 is 0.905 bits per heavy atom.